The van der Waals surface area contributed by atoms with E-state index in [1.54, 1.807) is 0 Å². The second-order valence-electron chi connectivity index (χ2n) is 8.27. The van der Waals surface area contributed by atoms with Gasteiger partial charge in [0.15, 0.2) is 0 Å². The van der Waals surface area contributed by atoms with Gasteiger partial charge in [-0.1, -0.05) is 30.3 Å². The largest absolute Gasteiger partial charge is 0.480 e. The molecule has 9 heteroatoms. The van der Waals surface area contributed by atoms with E-state index in [1.165, 1.54) is 0 Å². The number of carbonyl (C=O) groups excluding carboxylic acids is 1. The highest BCUT2D eigenvalue weighted by molar-refractivity contribution is 9.10. The highest BCUT2D eigenvalue weighted by Crippen LogP contribution is 2.46. The first-order valence-electron chi connectivity index (χ1n) is 10.4. The number of hydrogen-bond donors (Lipinski definition) is 1. The Balaban J connectivity index is 1.56. The zero-order valence-corrected chi connectivity index (χ0v) is 19.0. The number of piperidine rings is 2. The quantitative estimate of drug-likeness (QED) is 0.659. The van der Waals surface area contributed by atoms with Crippen LogP contribution in [0.2, 0.25) is 0 Å². The maximum atomic E-state index is 13.0. The molecule has 2 aliphatic rings. The summed E-state index contributed by atoms with van der Waals surface area (Å²) in [6, 6.07) is 9.41. The van der Waals surface area contributed by atoms with Crippen LogP contribution in [0.3, 0.4) is 0 Å². The molecule has 31 heavy (non-hydrogen) atoms. The number of fused-ring (bicyclic) bond motifs is 2. The minimum absolute atomic E-state index is 0.0972. The molecule has 0 radical (unpaired) electrons. The van der Waals surface area contributed by atoms with Crippen molar-refractivity contribution in [2.24, 2.45) is 7.05 Å². The number of carbonyl (C=O) groups is 2. The molecule has 4 rings (SSSR count). The smallest absolute Gasteiger partial charge is 0.410 e. The van der Waals surface area contributed by atoms with Crippen molar-refractivity contribution in [2.75, 3.05) is 6.61 Å². The summed E-state index contributed by atoms with van der Waals surface area (Å²) in [5.41, 5.74) is 0.0699. The molecule has 1 aromatic heterocycles. The van der Waals surface area contributed by atoms with Gasteiger partial charge in [0.1, 0.15) is 29.2 Å². The average molecular weight is 492 g/mol. The second kappa shape index (κ2) is 9.00. The SMILES string of the molecule is Cn1cc(Br)nc1C1(OCC(=O)O)CC2CCCC(C1)N2C(=O)OCc1ccccc1. The van der Waals surface area contributed by atoms with Crippen LogP contribution >= 0.6 is 15.9 Å². The Morgan fingerprint density at radius 1 is 1.23 bits per heavy atom. The fourth-order valence-electron chi connectivity index (χ4n) is 4.92. The van der Waals surface area contributed by atoms with Crippen molar-refractivity contribution in [2.45, 2.75) is 56.4 Å². The molecule has 2 fully saturated rings. The van der Waals surface area contributed by atoms with Gasteiger partial charge < -0.3 is 24.0 Å². The molecule has 2 bridgehead atoms. The van der Waals surface area contributed by atoms with Gasteiger partial charge in [0.05, 0.1) is 0 Å². The molecule has 8 nitrogen and oxygen atoms in total. The van der Waals surface area contributed by atoms with E-state index in [1.807, 2.05) is 53.0 Å². The third kappa shape index (κ3) is 4.62. The Labute approximate surface area is 189 Å². The Kier molecular flexibility index (Phi) is 6.34. The number of hydrogen-bond acceptors (Lipinski definition) is 5. The number of amides is 1. The van der Waals surface area contributed by atoms with Gasteiger partial charge in [0, 0.05) is 38.2 Å². The van der Waals surface area contributed by atoms with E-state index in [2.05, 4.69) is 20.9 Å². The van der Waals surface area contributed by atoms with E-state index in [0.717, 1.165) is 24.8 Å². The van der Waals surface area contributed by atoms with Gasteiger partial charge >= 0.3 is 12.1 Å². The Bertz CT molecular complexity index is 934. The fourth-order valence-corrected chi connectivity index (χ4v) is 5.40. The van der Waals surface area contributed by atoms with Crippen molar-refractivity contribution in [3.8, 4) is 0 Å². The third-order valence-corrected chi connectivity index (χ3v) is 6.52. The fraction of sp³-hybridized carbons (Fsp3) is 0.500. The molecule has 2 saturated heterocycles. The Morgan fingerprint density at radius 3 is 2.48 bits per heavy atom. The van der Waals surface area contributed by atoms with Crippen molar-refractivity contribution in [3.63, 3.8) is 0 Å². The molecular formula is C22H26BrN3O5. The second-order valence-corrected chi connectivity index (χ2v) is 9.08. The van der Waals surface area contributed by atoms with Crippen LogP contribution in [0.5, 0.6) is 0 Å². The van der Waals surface area contributed by atoms with Crippen molar-refractivity contribution in [1.82, 2.24) is 14.5 Å². The predicted octanol–water partition coefficient (Wildman–Crippen LogP) is 3.83. The molecule has 1 amide bonds. The van der Waals surface area contributed by atoms with Crippen LogP contribution in [0.1, 0.15) is 43.5 Å². The van der Waals surface area contributed by atoms with Crippen LogP contribution in [-0.2, 0) is 33.5 Å². The Morgan fingerprint density at radius 2 is 1.90 bits per heavy atom. The summed E-state index contributed by atoms with van der Waals surface area (Å²) >= 11 is 3.40. The standard InChI is InChI=1S/C22H26BrN3O5/c1-25-12-18(23)24-20(25)22(31-14-19(27)28)10-16-8-5-9-17(11-22)26(16)21(29)30-13-15-6-3-2-4-7-15/h2-4,6-7,12,16-17H,5,8-11,13-14H2,1H3,(H,27,28). The third-order valence-electron chi connectivity index (χ3n) is 6.13. The van der Waals surface area contributed by atoms with Crippen LogP contribution in [0.25, 0.3) is 0 Å². The zero-order valence-electron chi connectivity index (χ0n) is 17.4. The normalized spacial score (nSPS) is 25.3. The summed E-state index contributed by atoms with van der Waals surface area (Å²) in [6.45, 7) is -0.190. The van der Waals surface area contributed by atoms with Gasteiger partial charge in [-0.2, -0.15) is 0 Å². The van der Waals surface area contributed by atoms with E-state index < -0.39 is 18.2 Å². The average Bonchev–Trinajstić information content (AvgIpc) is 3.09. The predicted molar refractivity (Wildman–Crippen MR) is 115 cm³/mol. The molecule has 0 saturated carbocycles. The number of rotatable bonds is 6. The number of halogens is 1. The minimum atomic E-state index is -1.03. The van der Waals surface area contributed by atoms with Gasteiger partial charge in [0.25, 0.3) is 0 Å². The number of aliphatic carboxylic acids is 1. The molecule has 2 unspecified atom stereocenters. The number of carboxylic acid groups (broad SMARTS) is 1. The van der Waals surface area contributed by atoms with E-state index in [9.17, 15) is 14.7 Å². The number of benzene rings is 1. The van der Waals surface area contributed by atoms with Crippen LogP contribution in [0.15, 0.2) is 41.1 Å². The summed E-state index contributed by atoms with van der Waals surface area (Å²) in [4.78, 5) is 30.7. The van der Waals surface area contributed by atoms with Crippen LogP contribution < -0.4 is 0 Å². The van der Waals surface area contributed by atoms with Gasteiger partial charge in [-0.3, -0.25) is 0 Å². The van der Waals surface area contributed by atoms with E-state index in [0.29, 0.717) is 23.3 Å². The monoisotopic (exact) mass is 491 g/mol. The van der Waals surface area contributed by atoms with Crippen LogP contribution in [-0.4, -0.2) is 50.3 Å². The zero-order chi connectivity index (χ0) is 22.0. The summed E-state index contributed by atoms with van der Waals surface area (Å²) in [7, 11) is 1.87. The van der Waals surface area contributed by atoms with Gasteiger partial charge in [-0.15, -0.1) is 0 Å². The number of ether oxygens (including phenoxy) is 2. The molecular weight excluding hydrogens is 466 g/mol. The lowest BCUT2D eigenvalue weighted by atomic mass is 9.75. The number of nitrogens with zero attached hydrogens (tertiary/aromatic N) is 3. The summed E-state index contributed by atoms with van der Waals surface area (Å²) in [6.07, 6.45) is 5.12. The Hall–Kier alpha value is -2.39. The molecule has 166 valence electrons. The maximum Gasteiger partial charge on any atom is 0.410 e. The molecule has 2 aliphatic heterocycles. The number of aromatic nitrogens is 2. The lowest BCUT2D eigenvalue weighted by molar-refractivity contribution is -0.165. The van der Waals surface area contributed by atoms with Crippen LogP contribution in [0.4, 0.5) is 4.79 Å². The molecule has 0 aliphatic carbocycles. The van der Waals surface area contributed by atoms with Gasteiger partial charge in [0.2, 0.25) is 0 Å². The van der Waals surface area contributed by atoms with E-state index in [-0.39, 0.29) is 24.8 Å². The van der Waals surface area contributed by atoms with E-state index in [4.69, 9.17) is 9.47 Å². The van der Waals surface area contributed by atoms with E-state index >= 15 is 0 Å². The molecule has 2 atom stereocenters. The molecule has 0 spiro atoms. The van der Waals surface area contributed by atoms with Crippen molar-refractivity contribution in [3.05, 3.63) is 52.5 Å². The highest BCUT2D eigenvalue weighted by Gasteiger charge is 2.52. The first kappa shape index (κ1) is 21.8. The van der Waals surface area contributed by atoms with Crippen molar-refractivity contribution < 1.29 is 24.2 Å². The maximum absolute atomic E-state index is 13.0. The molecule has 3 heterocycles. The number of aryl methyl sites for hydroxylation is 1. The van der Waals surface area contributed by atoms with Crippen LogP contribution in [0, 0.1) is 0 Å². The minimum Gasteiger partial charge on any atom is -0.480 e. The molecule has 1 N–H and O–H groups in total. The van der Waals surface area contributed by atoms with Crippen molar-refractivity contribution in [1.29, 1.82) is 0 Å². The lowest BCUT2D eigenvalue weighted by Crippen LogP contribution is -2.60. The van der Waals surface area contributed by atoms with Gasteiger partial charge in [-0.25, -0.2) is 14.6 Å². The lowest BCUT2D eigenvalue weighted by Gasteiger charge is -2.52. The summed E-state index contributed by atoms with van der Waals surface area (Å²) in [5.74, 6) is -0.350. The van der Waals surface area contributed by atoms with Crippen molar-refractivity contribution >= 4 is 28.0 Å². The topological polar surface area (TPSA) is 93.9 Å². The first-order valence-corrected chi connectivity index (χ1v) is 11.2. The number of imidazole rings is 1. The molecule has 1 aromatic carbocycles. The summed E-state index contributed by atoms with van der Waals surface area (Å²) in [5, 5.41) is 9.26. The first-order chi connectivity index (χ1) is 14.9. The number of carboxylic acids is 1. The molecule has 2 aromatic rings. The highest BCUT2D eigenvalue weighted by atomic mass is 79.9. The summed E-state index contributed by atoms with van der Waals surface area (Å²) < 4.78 is 14.2. The van der Waals surface area contributed by atoms with Gasteiger partial charge in [-0.05, 0) is 40.8 Å².